The second-order valence-corrected chi connectivity index (χ2v) is 8.13. The van der Waals surface area contributed by atoms with E-state index in [9.17, 15) is 9.59 Å². The summed E-state index contributed by atoms with van der Waals surface area (Å²) < 4.78 is 10.9. The van der Waals surface area contributed by atoms with E-state index in [1.54, 1.807) is 6.92 Å². The molecule has 0 spiro atoms. The number of carbonyl (C=O) groups is 2. The molecular formula is C19H26O4. The molecule has 0 amide bonds. The van der Waals surface area contributed by atoms with Gasteiger partial charge in [-0.25, -0.2) is 9.59 Å². The van der Waals surface area contributed by atoms with Gasteiger partial charge in [-0.3, -0.25) is 0 Å². The third kappa shape index (κ3) is 3.22. The highest BCUT2D eigenvalue weighted by Gasteiger charge is 2.58. The zero-order chi connectivity index (χ0) is 16.7. The minimum Gasteiger partial charge on any atom is -0.462 e. The van der Waals surface area contributed by atoms with Gasteiger partial charge in [-0.15, -0.1) is 0 Å². The normalized spacial score (nSPS) is 37.3. The molecule has 4 rings (SSSR count). The summed E-state index contributed by atoms with van der Waals surface area (Å²) in [6, 6.07) is 0. The van der Waals surface area contributed by atoms with Gasteiger partial charge in [0.2, 0.25) is 0 Å². The Morgan fingerprint density at radius 3 is 2.09 bits per heavy atom. The van der Waals surface area contributed by atoms with Crippen molar-refractivity contribution in [2.45, 2.75) is 45.4 Å². The molecule has 4 heteroatoms. The SMILES string of the molecule is C=CC(=O)OCC12CC3CC(C1)CC(COC(=O)C(=C)C)(C3)C2. The lowest BCUT2D eigenvalue weighted by atomic mass is 9.44. The van der Waals surface area contributed by atoms with Crippen LogP contribution in [0.4, 0.5) is 0 Å². The molecule has 0 aromatic rings. The molecule has 0 heterocycles. The van der Waals surface area contributed by atoms with Gasteiger partial charge in [0.1, 0.15) is 0 Å². The van der Waals surface area contributed by atoms with Crippen molar-refractivity contribution in [1.29, 1.82) is 0 Å². The fourth-order valence-corrected chi connectivity index (χ4v) is 5.61. The lowest BCUT2D eigenvalue weighted by Crippen LogP contribution is -2.55. The molecular weight excluding hydrogens is 292 g/mol. The molecule has 4 nitrogen and oxygen atoms in total. The quantitative estimate of drug-likeness (QED) is 0.556. The van der Waals surface area contributed by atoms with Gasteiger partial charge in [0, 0.05) is 22.5 Å². The van der Waals surface area contributed by atoms with Crippen molar-refractivity contribution in [3.8, 4) is 0 Å². The number of hydrogen-bond acceptors (Lipinski definition) is 4. The predicted molar refractivity (Wildman–Crippen MR) is 86.5 cm³/mol. The second kappa shape index (κ2) is 5.81. The monoisotopic (exact) mass is 318 g/mol. The van der Waals surface area contributed by atoms with Gasteiger partial charge in [0.15, 0.2) is 0 Å². The van der Waals surface area contributed by atoms with Crippen LogP contribution in [0.25, 0.3) is 0 Å². The van der Waals surface area contributed by atoms with Gasteiger partial charge in [0.25, 0.3) is 0 Å². The topological polar surface area (TPSA) is 52.6 Å². The molecule has 126 valence electrons. The Balaban J connectivity index is 1.70. The molecule has 4 fully saturated rings. The Labute approximate surface area is 137 Å². The van der Waals surface area contributed by atoms with E-state index in [2.05, 4.69) is 13.2 Å². The Morgan fingerprint density at radius 2 is 1.61 bits per heavy atom. The van der Waals surface area contributed by atoms with E-state index in [0.717, 1.165) is 32.1 Å². The third-order valence-electron chi connectivity index (χ3n) is 5.85. The molecule has 23 heavy (non-hydrogen) atoms. The lowest BCUT2D eigenvalue weighted by molar-refractivity contribution is -0.174. The summed E-state index contributed by atoms with van der Waals surface area (Å²) in [6.07, 6.45) is 8.00. The van der Waals surface area contributed by atoms with E-state index >= 15 is 0 Å². The van der Waals surface area contributed by atoms with Crippen molar-refractivity contribution >= 4 is 11.9 Å². The Hall–Kier alpha value is -1.58. The average Bonchev–Trinajstić information content (AvgIpc) is 2.49. The zero-order valence-electron chi connectivity index (χ0n) is 13.9. The van der Waals surface area contributed by atoms with Crippen LogP contribution in [0.15, 0.2) is 24.8 Å². The molecule has 0 radical (unpaired) electrons. The van der Waals surface area contributed by atoms with Crippen LogP contribution < -0.4 is 0 Å². The van der Waals surface area contributed by atoms with Crippen LogP contribution in [-0.4, -0.2) is 25.2 Å². The third-order valence-corrected chi connectivity index (χ3v) is 5.85. The summed E-state index contributed by atoms with van der Waals surface area (Å²) in [6.45, 7) is 9.74. The number of esters is 2. The summed E-state index contributed by atoms with van der Waals surface area (Å²) in [7, 11) is 0. The molecule has 4 bridgehead atoms. The van der Waals surface area contributed by atoms with Crippen LogP contribution >= 0.6 is 0 Å². The van der Waals surface area contributed by atoms with Crippen molar-refractivity contribution in [3.63, 3.8) is 0 Å². The van der Waals surface area contributed by atoms with E-state index in [4.69, 9.17) is 9.47 Å². The number of carbonyl (C=O) groups excluding carboxylic acids is 2. The minimum absolute atomic E-state index is 0.0653. The molecule has 4 aliphatic carbocycles. The first-order valence-electron chi connectivity index (χ1n) is 8.47. The highest BCUT2D eigenvalue weighted by molar-refractivity contribution is 5.86. The fraction of sp³-hybridized carbons (Fsp3) is 0.684. The van der Waals surface area contributed by atoms with Gasteiger partial charge in [-0.05, 0) is 57.3 Å². The zero-order valence-corrected chi connectivity index (χ0v) is 13.9. The summed E-state index contributed by atoms with van der Waals surface area (Å²) >= 11 is 0. The van der Waals surface area contributed by atoms with Crippen molar-refractivity contribution < 1.29 is 19.1 Å². The lowest BCUT2D eigenvalue weighted by Gasteiger charge is -2.61. The molecule has 0 aromatic heterocycles. The number of ether oxygens (including phenoxy) is 2. The summed E-state index contributed by atoms with van der Waals surface area (Å²) in [5.41, 5.74) is 0.582. The summed E-state index contributed by atoms with van der Waals surface area (Å²) in [4.78, 5) is 23.2. The van der Waals surface area contributed by atoms with Gasteiger partial charge in [-0.2, -0.15) is 0 Å². The maximum atomic E-state index is 11.8. The van der Waals surface area contributed by atoms with Gasteiger partial charge >= 0.3 is 11.9 Å². The first kappa shape index (κ1) is 16.3. The van der Waals surface area contributed by atoms with Crippen LogP contribution in [0.1, 0.15) is 45.4 Å². The molecule has 0 aromatic carbocycles. The van der Waals surface area contributed by atoms with Gasteiger partial charge in [0.05, 0.1) is 13.2 Å². The van der Waals surface area contributed by atoms with Gasteiger partial charge < -0.3 is 9.47 Å². The van der Waals surface area contributed by atoms with E-state index < -0.39 is 0 Å². The number of rotatable bonds is 6. The van der Waals surface area contributed by atoms with E-state index in [1.165, 1.54) is 12.5 Å². The second-order valence-electron chi connectivity index (χ2n) is 8.13. The maximum Gasteiger partial charge on any atom is 0.333 e. The van der Waals surface area contributed by atoms with Crippen molar-refractivity contribution in [2.75, 3.05) is 13.2 Å². The molecule has 2 atom stereocenters. The van der Waals surface area contributed by atoms with Crippen molar-refractivity contribution in [1.82, 2.24) is 0 Å². The number of hydrogen-bond donors (Lipinski definition) is 0. The molecule has 2 unspecified atom stereocenters. The predicted octanol–water partition coefficient (Wildman–Crippen LogP) is 3.42. The molecule has 4 aliphatic rings. The highest BCUT2D eigenvalue weighted by Crippen LogP contribution is 2.65. The van der Waals surface area contributed by atoms with Crippen molar-refractivity contribution in [2.24, 2.45) is 22.7 Å². The Bertz CT molecular complexity index is 534. The first-order valence-corrected chi connectivity index (χ1v) is 8.47. The maximum absolute atomic E-state index is 11.8. The molecule has 0 N–H and O–H groups in total. The fourth-order valence-electron chi connectivity index (χ4n) is 5.61. The van der Waals surface area contributed by atoms with E-state index in [-0.39, 0.29) is 22.8 Å². The summed E-state index contributed by atoms with van der Waals surface area (Å²) in [5.74, 6) is 0.695. The minimum atomic E-state index is -0.344. The summed E-state index contributed by atoms with van der Waals surface area (Å²) in [5, 5.41) is 0. The smallest absolute Gasteiger partial charge is 0.333 e. The van der Waals surface area contributed by atoms with Crippen LogP contribution in [-0.2, 0) is 19.1 Å². The Morgan fingerprint density at radius 1 is 1.09 bits per heavy atom. The van der Waals surface area contributed by atoms with Crippen LogP contribution in [0.3, 0.4) is 0 Å². The van der Waals surface area contributed by atoms with Gasteiger partial charge in [-0.1, -0.05) is 13.2 Å². The highest BCUT2D eigenvalue weighted by atomic mass is 16.5. The first-order chi connectivity index (χ1) is 10.9. The Kier molecular flexibility index (Phi) is 4.11. The van der Waals surface area contributed by atoms with Crippen LogP contribution in [0.2, 0.25) is 0 Å². The molecule has 0 saturated heterocycles. The standard InChI is InChI=1S/C19H26O4/c1-4-16(20)22-11-18-6-14-5-15(7-18)9-19(8-14,10-18)12-23-17(21)13(2)3/h4,14-15H,1-2,5-12H2,3H3. The van der Waals surface area contributed by atoms with E-state index in [1.807, 2.05) is 0 Å². The van der Waals surface area contributed by atoms with E-state index in [0.29, 0.717) is 30.6 Å². The van der Waals surface area contributed by atoms with Crippen LogP contribution in [0.5, 0.6) is 0 Å². The average molecular weight is 318 g/mol. The molecule has 0 aliphatic heterocycles. The largest absolute Gasteiger partial charge is 0.462 e. The van der Waals surface area contributed by atoms with Crippen LogP contribution in [0, 0.1) is 22.7 Å². The van der Waals surface area contributed by atoms with Crippen molar-refractivity contribution in [3.05, 3.63) is 24.8 Å². The molecule has 4 saturated carbocycles.